The predicted molar refractivity (Wildman–Crippen MR) is 75.4 cm³/mol. The summed E-state index contributed by atoms with van der Waals surface area (Å²) in [6.45, 7) is 2.10. The minimum Gasteiger partial charge on any atom is -0.393 e. The zero-order valence-electron chi connectivity index (χ0n) is 10.5. The first-order chi connectivity index (χ1) is 8.66. The van der Waals surface area contributed by atoms with Gasteiger partial charge in [0, 0.05) is 6.04 Å². The highest BCUT2D eigenvalue weighted by atomic mass is 32.1. The van der Waals surface area contributed by atoms with Crippen LogP contribution in [0.1, 0.15) is 37.3 Å². The molecule has 0 unspecified atom stereocenters. The van der Waals surface area contributed by atoms with Gasteiger partial charge in [-0.25, -0.2) is 0 Å². The molecule has 0 aliphatic heterocycles. The van der Waals surface area contributed by atoms with Gasteiger partial charge >= 0.3 is 0 Å². The second-order valence-corrected chi connectivity index (χ2v) is 5.62. The second kappa shape index (κ2) is 4.52. The number of aromatic nitrogens is 2. The predicted octanol–water partition coefficient (Wildman–Crippen LogP) is 3.48. The maximum Gasteiger partial charge on any atom is 0.178 e. The molecular weight excluding hydrogens is 244 g/mol. The Kier molecular flexibility index (Phi) is 2.99. The van der Waals surface area contributed by atoms with E-state index in [0.29, 0.717) is 6.04 Å². The number of hydrogen-bond acceptors (Lipinski definition) is 2. The minimum absolute atomic E-state index is 0.123. The first-order valence-electron chi connectivity index (χ1n) is 6.54. The summed E-state index contributed by atoms with van der Waals surface area (Å²) in [4.78, 5) is 3.32. The average Bonchev–Trinajstić information content (AvgIpc) is 2.69. The molecule has 1 heterocycles. The molecule has 2 aromatic rings. The summed E-state index contributed by atoms with van der Waals surface area (Å²) >= 11 is 5.47. The lowest BCUT2D eigenvalue weighted by Gasteiger charge is -2.27. The third-order valence-corrected chi connectivity index (χ3v) is 4.29. The Balaban J connectivity index is 2.09. The minimum atomic E-state index is -0.123. The number of rotatable bonds is 1. The normalized spacial score (nSPS) is 24.6. The van der Waals surface area contributed by atoms with Gasteiger partial charge in [-0.2, -0.15) is 0 Å². The summed E-state index contributed by atoms with van der Waals surface area (Å²) in [5.41, 5.74) is 3.57. The molecule has 0 atom stereocenters. The van der Waals surface area contributed by atoms with Crippen LogP contribution in [0.15, 0.2) is 18.2 Å². The number of nitrogens with one attached hydrogen (secondary N) is 1. The molecule has 18 heavy (non-hydrogen) atoms. The summed E-state index contributed by atoms with van der Waals surface area (Å²) in [6.07, 6.45) is 3.66. The topological polar surface area (TPSA) is 41.0 Å². The van der Waals surface area contributed by atoms with Gasteiger partial charge in [-0.1, -0.05) is 12.1 Å². The van der Waals surface area contributed by atoms with Crippen LogP contribution in [-0.2, 0) is 0 Å². The maximum absolute atomic E-state index is 9.61. The van der Waals surface area contributed by atoms with Gasteiger partial charge in [0.1, 0.15) is 0 Å². The Hall–Kier alpha value is -1.13. The lowest BCUT2D eigenvalue weighted by Crippen LogP contribution is -2.21. The molecule has 1 aromatic carbocycles. The number of nitrogens with zero attached hydrogens (tertiary/aromatic N) is 1. The van der Waals surface area contributed by atoms with Crippen molar-refractivity contribution in [2.75, 3.05) is 0 Å². The van der Waals surface area contributed by atoms with Crippen LogP contribution in [0.5, 0.6) is 0 Å². The van der Waals surface area contributed by atoms with Crippen LogP contribution in [-0.4, -0.2) is 20.8 Å². The van der Waals surface area contributed by atoms with E-state index in [-0.39, 0.29) is 6.10 Å². The zero-order chi connectivity index (χ0) is 12.7. The van der Waals surface area contributed by atoms with Gasteiger partial charge in [-0.05, 0) is 56.5 Å². The van der Waals surface area contributed by atoms with Gasteiger partial charge in [-0.3, -0.25) is 0 Å². The fourth-order valence-corrected chi connectivity index (χ4v) is 3.32. The van der Waals surface area contributed by atoms with Gasteiger partial charge in [0.25, 0.3) is 0 Å². The van der Waals surface area contributed by atoms with E-state index < -0.39 is 0 Å². The highest BCUT2D eigenvalue weighted by Gasteiger charge is 2.22. The van der Waals surface area contributed by atoms with E-state index in [2.05, 4.69) is 34.7 Å². The summed E-state index contributed by atoms with van der Waals surface area (Å²) in [5.74, 6) is 0. The standard InChI is InChI=1S/C14H18N2OS/c1-9-3-2-4-12-13(9)15-14(18)16(12)10-5-7-11(17)8-6-10/h2-4,10-11,17H,5-8H2,1H3,(H,15,18). The zero-order valence-corrected chi connectivity index (χ0v) is 11.3. The van der Waals surface area contributed by atoms with Crippen molar-refractivity contribution in [1.29, 1.82) is 0 Å². The number of aromatic amines is 1. The number of H-pyrrole nitrogens is 1. The summed E-state index contributed by atoms with van der Waals surface area (Å²) in [6, 6.07) is 6.73. The molecule has 1 saturated carbocycles. The Labute approximate surface area is 111 Å². The molecule has 0 amide bonds. The first kappa shape index (κ1) is 11.9. The van der Waals surface area contributed by atoms with Crippen LogP contribution < -0.4 is 0 Å². The second-order valence-electron chi connectivity index (χ2n) is 5.23. The van der Waals surface area contributed by atoms with Crippen LogP contribution in [0.2, 0.25) is 0 Å². The van der Waals surface area contributed by atoms with Gasteiger partial charge < -0.3 is 14.7 Å². The van der Waals surface area contributed by atoms with Crippen molar-refractivity contribution in [3.63, 3.8) is 0 Å². The Bertz CT molecular complexity index is 620. The van der Waals surface area contributed by atoms with E-state index in [0.717, 1.165) is 36.0 Å². The molecule has 0 spiro atoms. The van der Waals surface area contributed by atoms with Crippen molar-refractivity contribution < 1.29 is 5.11 Å². The summed E-state index contributed by atoms with van der Waals surface area (Å²) in [5, 5.41) is 9.61. The molecule has 3 nitrogen and oxygen atoms in total. The fourth-order valence-electron chi connectivity index (χ4n) is 2.97. The number of benzene rings is 1. The molecule has 2 N–H and O–H groups in total. The van der Waals surface area contributed by atoms with Crippen molar-refractivity contribution in [3.05, 3.63) is 28.5 Å². The van der Waals surface area contributed by atoms with Gasteiger partial charge in [0.05, 0.1) is 17.1 Å². The van der Waals surface area contributed by atoms with Crippen molar-refractivity contribution in [1.82, 2.24) is 9.55 Å². The fraction of sp³-hybridized carbons (Fsp3) is 0.500. The third kappa shape index (κ3) is 1.89. The summed E-state index contributed by atoms with van der Waals surface area (Å²) < 4.78 is 3.05. The van der Waals surface area contributed by atoms with Gasteiger partial charge in [-0.15, -0.1) is 0 Å². The van der Waals surface area contributed by atoms with Crippen LogP contribution in [0.25, 0.3) is 11.0 Å². The SMILES string of the molecule is Cc1cccc2c1[nH]c(=S)n2C1CCC(O)CC1. The summed E-state index contributed by atoms with van der Waals surface area (Å²) in [7, 11) is 0. The molecule has 4 heteroatoms. The molecule has 3 rings (SSSR count). The van der Waals surface area contributed by atoms with E-state index in [4.69, 9.17) is 12.2 Å². The molecule has 0 bridgehead atoms. The average molecular weight is 262 g/mol. The van der Waals surface area contributed by atoms with Crippen molar-refractivity contribution in [3.8, 4) is 0 Å². The third-order valence-electron chi connectivity index (χ3n) is 3.99. The van der Waals surface area contributed by atoms with Crippen LogP contribution in [0, 0.1) is 11.7 Å². The number of para-hydroxylation sites is 1. The molecule has 1 aromatic heterocycles. The first-order valence-corrected chi connectivity index (χ1v) is 6.95. The van der Waals surface area contributed by atoms with E-state index >= 15 is 0 Å². The van der Waals surface area contributed by atoms with Crippen molar-refractivity contribution >= 4 is 23.3 Å². The van der Waals surface area contributed by atoms with Crippen LogP contribution in [0.3, 0.4) is 0 Å². The van der Waals surface area contributed by atoms with Crippen LogP contribution >= 0.6 is 12.2 Å². The lowest BCUT2D eigenvalue weighted by atomic mass is 9.93. The van der Waals surface area contributed by atoms with Gasteiger partial charge in [0.15, 0.2) is 4.77 Å². The molecule has 1 aliphatic rings. The van der Waals surface area contributed by atoms with Gasteiger partial charge in [0.2, 0.25) is 0 Å². The molecule has 0 saturated heterocycles. The smallest absolute Gasteiger partial charge is 0.178 e. The molecule has 1 fully saturated rings. The van der Waals surface area contributed by atoms with E-state index in [1.54, 1.807) is 0 Å². The number of imidazole rings is 1. The van der Waals surface area contributed by atoms with Crippen molar-refractivity contribution in [2.24, 2.45) is 0 Å². The monoisotopic (exact) mass is 262 g/mol. The highest BCUT2D eigenvalue weighted by Crippen LogP contribution is 2.32. The Morgan fingerprint density at radius 3 is 2.72 bits per heavy atom. The molecule has 96 valence electrons. The Morgan fingerprint density at radius 1 is 1.28 bits per heavy atom. The van der Waals surface area contributed by atoms with E-state index in [9.17, 15) is 5.11 Å². The quantitative estimate of drug-likeness (QED) is 0.772. The highest BCUT2D eigenvalue weighted by molar-refractivity contribution is 7.71. The number of aliphatic hydroxyl groups is 1. The maximum atomic E-state index is 9.61. The van der Waals surface area contributed by atoms with E-state index in [1.165, 1.54) is 11.1 Å². The number of aryl methyl sites for hydroxylation is 1. The number of fused-ring (bicyclic) bond motifs is 1. The molecule has 0 radical (unpaired) electrons. The molecule has 1 aliphatic carbocycles. The van der Waals surface area contributed by atoms with Crippen LogP contribution in [0.4, 0.5) is 0 Å². The lowest BCUT2D eigenvalue weighted by molar-refractivity contribution is 0.111. The van der Waals surface area contributed by atoms with Crippen molar-refractivity contribution in [2.45, 2.75) is 44.8 Å². The Morgan fingerprint density at radius 2 is 2.00 bits per heavy atom. The molecular formula is C14H18N2OS. The van der Waals surface area contributed by atoms with E-state index in [1.807, 2.05) is 0 Å². The number of aliphatic hydroxyl groups excluding tert-OH is 1. The number of hydrogen-bond donors (Lipinski definition) is 2. The largest absolute Gasteiger partial charge is 0.393 e.